The number of urea groups is 2. The minimum absolute atomic E-state index is 0.0787. The summed E-state index contributed by atoms with van der Waals surface area (Å²) in [6.07, 6.45) is 7.54. The molecule has 4 rings (SSSR count). The summed E-state index contributed by atoms with van der Waals surface area (Å²) >= 11 is 2.81. The number of carboxylic acids is 1. The normalized spacial score (nSPS) is 23.4. The lowest BCUT2D eigenvalue weighted by atomic mass is 9.85. The molecule has 1 aromatic heterocycles. The molecule has 200 valence electrons. The van der Waals surface area contributed by atoms with Gasteiger partial charge in [-0.1, -0.05) is 18.3 Å². The van der Waals surface area contributed by atoms with E-state index >= 15 is 0 Å². The maximum Gasteiger partial charge on any atom is 0.324 e. The number of anilines is 1. The van der Waals surface area contributed by atoms with Gasteiger partial charge in [-0.3, -0.25) is 10.1 Å². The van der Waals surface area contributed by atoms with Gasteiger partial charge in [0, 0.05) is 44.0 Å². The third-order valence-corrected chi connectivity index (χ3v) is 9.39. The Morgan fingerprint density at radius 2 is 1.72 bits per heavy atom. The van der Waals surface area contributed by atoms with Crippen molar-refractivity contribution < 1.29 is 24.2 Å². The van der Waals surface area contributed by atoms with E-state index in [0.717, 1.165) is 42.7 Å². The number of hydrogen-bond acceptors (Lipinski definition) is 7. The molecule has 1 aliphatic carbocycles. The smallest absolute Gasteiger partial charge is 0.324 e. The van der Waals surface area contributed by atoms with E-state index in [4.69, 9.17) is 9.84 Å². The molecule has 10 nitrogen and oxygen atoms in total. The van der Waals surface area contributed by atoms with Crippen molar-refractivity contribution in [3.05, 3.63) is 6.20 Å². The van der Waals surface area contributed by atoms with Crippen LogP contribution in [-0.2, 0) is 9.53 Å². The molecule has 12 heteroatoms. The zero-order valence-corrected chi connectivity index (χ0v) is 22.5. The summed E-state index contributed by atoms with van der Waals surface area (Å²) in [4.78, 5) is 47.4. The molecule has 2 aliphatic heterocycles. The Balaban J connectivity index is 1.37. The van der Waals surface area contributed by atoms with Crippen molar-refractivity contribution in [2.75, 3.05) is 50.5 Å². The van der Waals surface area contributed by atoms with Crippen molar-refractivity contribution in [3.8, 4) is 0 Å². The number of likely N-dealkylation sites (tertiary alicyclic amines) is 1. The van der Waals surface area contributed by atoms with Crippen molar-refractivity contribution in [3.63, 3.8) is 0 Å². The van der Waals surface area contributed by atoms with Crippen molar-refractivity contribution >= 4 is 46.3 Å². The number of hydrogen-bond donors (Lipinski definition) is 2. The summed E-state index contributed by atoms with van der Waals surface area (Å²) in [6, 6.07) is 0.234. The van der Waals surface area contributed by atoms with Crippen molar-refractivity contribution in [2.24, 2.45) is 5.92 Å². The van der Waals surface area contributed by atoms with Gasteiger partial charge in [0.1, 0.15) is 0 Å². The zero-order valence-electron chi connectivity index (χ0n) is 20.9. The van der Waals surface area contributed by atoms with E-state index in [1.54, 1.807) is 6.20 Å². The number of aromatic nitrogens is 1. The fourth-order valence-corrected chi connectivity index (χ4v) is 7.09. The van der Waals surface area contributed by atoms with Crippen molar-refractivity contribution in [1.29, 1.82) is 0 Å². The molecule has 0 spiro atoms. The molecule has 0 aromatic carbocycles. The lowest BCUT2D eigenvalue weighted by Crippen LogP contribution is -2.56. The Morgan fingerprint density at radius 1 is 1.08 bits per heavy atom. The lowest BCUT2D eigenvalue weighted by molar-refractivity contribution is -0.136. The van der Waals surface area contributed by atoms with E-state index in [-0.39, 0.29) is 30.6 Å². The number of rotatable bonds is 7. The number of ether oxygens (including phenoxy) is 1. The number of morpholine rings is 1. The minimum atomic E-state index is -0.823. The molecule has 2 N–H and O–H groups in total. The van der Waals surface area contributed by atoms with Gasteiger partial charge in [-0.25, -0.2) is 14.6 Å². The number of nitrogens with zero attached hydrogens (tertiary/aromatic N) is 4. The van der Waals surface area contributed by atoms with Gasteiger partial charge in [-0.15, -0.1) is 11.8 Å². The van der Waals surface area contributed by atoms with Crippen molar-refractivity contribution in [1.82, 2.24) is 19.7 Å². The number of carbonyl (C=O) groups is 3. The SMILES string of the molecule is C[C@H]1CC[C@H](N(C(=O)Nc2ncc(SCCC(=O)O)s2)C2CCN(C(=O)N3CCOCC3)CC2)CC1. The number of carbonyl (C=O) groups excluding carboxylic acids is 2. The topological polar surface area (TPSA) is 115 Å². The van der Waals surface area contributed by atoms with Crippen LogP contribution in [0.4, 0.5) is 14.7 Å². The number of thiazole rings is 1. The first-order chi connectivity index (χ1) is 17.4. The standard InChI is InChI=1S/C24H37N5O5S2/c1-17-2-4-18(5-3-17)29(23(32)26-22-25-16-21(36-22)35-15-8-20(30)31)19-6-9-27(10-7-19)24(33)28-11-13-34-14-12-28/h16-19H,2-15H2,1H3,(H,30,31)(H,25,26,32)/t17-,18-. The fraction of sp³-hybridized carbons (Fsp3) is 0.750. The molecular formula is C24H37N5O5S2. The summed E-state index contributed by atoms with van der Waals surface area (Å²) in [5.41, 5.74) is 0. The van der Waals surface area contributed by atoms with Gasteiger partial charge < -0.3 is 24.5 Å². The third-order valence-electron chi connectivity index (χ3n) is 7.28. The van der Waals surface area contributed by atoms with E-state index < -0.39 is 5.97 Å². The number of thioether (sulfide) groups is 1. The molecule has 0 unspecified atom stereocenters. The number of nitrogens with one attached hydrogen (secondary N) is 1. The van der Waals surface area contributed by atoms with Crippen LogP contribution in [0.2, 0.25) is 0 Å². The molecule has 1 saturated carbocycles. The maximum atomic E-state index is 13.6. The van der Waals surface area contributed by atoms with Crippen LogP contribution in [0.1, 0.15) is 51.9 Å². The highest BCUT2D eigenvalue weighted by Gasteiger charge is 2.36. The first-order valence-corrected chi connectivity index (χ1v) is 14.7. The van der Waals surface area contributed by atoms with Crippen LogP contribution in [0.15, 0.2) is 10.4 Å². The Hall–Kier alpha value is -2.05. The fourth-order valence-electron chi connectivity index (χ4n) is 5.22. The summed E-state index contributed by atoms with van der Waals surface area (Å²) in [5.74, 6) is 0.332. The van der Waals surface area contributed by atoms with E-state index in [1.165, 1.54) is 23.1 Å². The molecule has 36 heavy (non-hydrogen) atoms. The molecule has 3 heterocycles. The van der Waals surface area contributed by atoms with Gasteiger partial charge in [0.25, 0.3) is 0 Å². The van der Waals surface area contributed by atoms with Gasteiger partial charge in [-0.2, -0.15) is 0 Å². The van der Waals surface area contributed by atoms with E-state index in [9.17, 15) is 14.4 Å². The average Bonchev–Trinajstić information content (AvgIpc) is 3.32. The highest BCUT2D eigenvalue weighted by Crippen LogP contribution is 2.33. The highest BCUT2D eigenvalue weighted by molar-refractivity contribution is 8.01. The molecule has 0 atom stereocenters. The second kappa shape index (κ2) is 13.0. The number of amides is 4. The zero-order chi connectivity index (χ0) is 25.5. The molecule has 4 amide bonds. The van der Waals surface area contributed by atoms with Crippen molar-refractivity contribution in [2.45, 2.75) is 68.2 Å². The third kappa shape index (κ3) is 7.25. The molecular weight excluding hydrogens is 502 g/mol. The molecule has 0 radical (unpaired) electrons. The van der Waals surface area contributed by atoms with Crippen LogP contribution in [0.25, 0.3) is 0 Å². The Morgan fingerprint density at radius 3 is 2.39 bits per heavy atom. The van der Waals surface area contributed by atoms with Gasteiger partial charge in [-0.05, 0) is 44.4 Å². The molecule has 3 fully saturated rings. The van der Waals surface area contributed by atoms with Gasteiger partial charge >= 0.3 is 18.0 Å². The number of carboxylic acid groups (broad SMARTS) is 1. The Kier molecular flexibility index (Phi) is 9.72. The Labute approximate surface area is 220 Å². The molecule has 0 bridgehead atoms. The molecule has 2 saturated heterocycles. The number of aliphatic carboxylic acids is 1. The van der Waals surface area contributed by atoms with E-state index in [1.807, 2.05) is 14.7 Å². The second-order valence-corrected chi connectivity index (χ2v) is 12.3. The van der Waals surface area contributed by atoms with Crippen LogP contribution >= 0.6 is 23.1 Å². The van der Waals surface area contributed by atoms with Crippen LogP contribution in [0.5, 0.6) is 0 Å². The van der Waals surface area contributed by atoms with Gasteiger partial charge in [0.15, 0.2) is 5.13 Å². The van der Waals surface area contributed by atoms with Gasteiger partial charge in [0.05, 0.1) is 30.0 Å². The predicted octanol–water partition coefficient (Wildman–Crippen LogP) is 4.04. The number of piperidine rings is 1. The van der Waals surface area contributed by atoms with Crippen LogP contribution < -0.4 is 5.32 Å². The van der Waals surface area contributed by atoms with Crippen LogP contribution in [0.3, 0.4) is 0 Å². The first kappa shape index (κ1) is 27.0. The maximum absolute atomic E-state index is 13.6. The Bertz CT molecular complexity index is 893. The van der Waals surface area contributed by atoms with E-state index in [2.05, 4.69) is 17.2 Å². The monoisotopic (exact) mass is 539 g/mol. The molecule has 1 aromatic rings. The van der Waals surface area contributed by atoms with E-state index in [0.29, 0.717) is 56.2 Å². The minimum Gasteiger partial charge on any atom is -0.481 e. The molecule has 3 aliphatic rings. The second-order valence-electron chi connectivity index (χ2n) is 9.83. The first-order valence-electron chi connectivity index (χ1n) is 12.9. The summed E-state index contributed by atoms with van der Waals surface area (Å²) < 4.78 is 6.26. The van der Waals surface area contributed by atoms with Crippen LogP contribution in [0, 0.1) is 5.92 Å². The van der Waals surface area contributed by atoms with Gasteiger partial charge in [0.2, 0.25) is 0 Å². The quantitative estimate of drug-likeness (QED) is 0.503. The average molecular weight is 540 g/mol. The highest BCUT2D eigenvalue weighted by atomic mass is 32.2. The summed E-state index contributed by atoms with van der Waals surface area (Å²) in [7, 11) is 0. The lowest BCUT2D eigenvalue weighted by Gasteiger charge is -2.44. The predicted molar refractivity (Wildman–Crippen MR) is 140 cm³/mol. The van der Waals surface area contributed by atoms with Crippen LogP contribution in [-0.4, -0.2) is 100 Å². The largest absolute Gasteiger partial charge is 0.481 e. The summed E-state index contributed by atoms with van der Waals surface area (Å²) in [5, 5.41) is 12.4. The summed E-state index contributed by atoms with van der Waals surface area (Å²) in [6.45, 7) is 6.02.